The van der Waals surface area contributed by atoms with Gasteiger partial charge in [-0.05, 0) is 10.3 Å². The number of nitrogens with one attached hydrogen (secondary N) is 1. The summed E-state index contributed by atoms with van der Waals surface area (Å²) in [5, 5.41) is 8.81. The van der Waals surface area contributed by atoms with Crippen molar-refractivity contribution in [3.8, 4) is 0 Å². The molecule has 0 radical (unpaired) electrons. The standard InChI is InChI=1S/C7H10F2N4O3/c8-4(9)3-15-2-1-11-7(14)5-6(10)13-16-12-5/h4H,1-3H2,(H2,10,13)(H,11,14). The predicted molar refractivity (Wildman–Crippen MR) is 47.9 cm³/mol. The van der Waals surface area contributed by atoms with E-state index in [1.807, 2.05) is 0 Å². The molecule has 0 atom stereocenters. The van der Waals surface area contributed by atoms with Crippen LogP contribution in [-0.2, 0) is 4.74 Å². The Morgan fingerprint density at radius 1 is 1.56 bits per heavy atom. The maximum absolute atomic E-state index is 11.6. The van der Waals surface area contributed by atoms with Crippen molar-refractivity contribution in [3.05, 3.63) is 5.69 Å². The molecule has 0 aliphatic carbocycles. The average molecular weight is 236 g/mol. The highest BCUT2D eigenvalue weighted by atomic mass is 19.3. The van der Waals surface area contributed by atoms with Crippen molar-refractivity contribution in [3.63, 3.8) is 0 Å². The molecule has 0 spiro atoms. The molecule has 7 nitrogen and oxygen atoms in total. The van der Waals surface area contributed by atoms with Gasteiger partial charge in [0.1, 0.15) is 6.61 Å². The van der Waals surface area contributed by atoms with Crippen LogP contribution in [0.25, 0.3) is 0 Å². The summed E-state index contributed by atoms with van der Waals surface area (Å²) in [6.07, 6.45) is -2.52. The van der Waals surface area contributed by atoms with Gasteiger partial charge >= 0.3 is 0 Å². The molecule has 1 heterocycles. The molecule has 3 N–H and O–H groups in total. The highest BCUT2D eigenvalue weighted by Crippen LogP contribution is 2.02. The summed E-state index contributed by atoms with van der Waals surface area (Å²) in [4.78, 5) is 11.3. The first-order valence-electron chi connectivity index (χ1n) is 4.33. The van der Waals surface area contributed by atoms with Gasteiger partial charge in [0, 0.05) is 6.54 Å². The molecule has 0 aliphatic rings. The zero-order chi connectivity index (χ0) is 12.0. The van der Waals surface area contributed by atoms with Crippen LogP contribution < -0.4 is 11.1 Å². The maximum atomic E-state index is 11.6. The number of halogens is 2. The lowest BCUT2D eigenvalue weighted by Gasteiger charge is -2.04. The van der Waals surface area contributed by atoms with Gasteiger partial charge in [-0.15, -0.1) is 0 Å². The number of rotatable bonds is 6. The number of ether oxygens (including phenoxy) is 1. The van der Waals surface area contributed by atoms with Crippen molar-refractivity contribution in [2.45, 2.75) is 6.43 Å². The van der Waals surface area contributed by atoms with E-state index < -0.39 is 18.9 Å². The number of hydrogen-bond donors (Lipinski definition) is 2. The Labute approximate surface area is 88.9 Å². The molecule has 90 valence electrons. The number of carbonyl (C=O) groups excluding carboxylic acids is 1. The minimum Gasteiger partial charge on any atom is -0.379 e. The molecular weight excluding hydrogens is 226 g/mol. The second kappa shape index (κ2) is 5.95. The SMILES string of the molecule is Nc1nonc1C(=O)NCCOCC(F)F. The summed E-state index contributed by atoms with van der Waals surface area (Å²) >= 11 is 0. The van der Waals surface area contributed by atoms with Gasteiger partial charge in [0.2, 0.25) is 11.5 Å². The van der Waals surface area contributed by atoms with Crippen molar-refractivity contribution in [2.75, 3.05) is 25.5 Å². The Kier molecular flexibility index (Phi) is 4.58. The van der Waals surface area contributed by atoms with E-state index in [9.17, 15) is 13.6 Å². The lowest BCUT2D eigenvalue weighted by Crippen LogP contribution is -2.28. The molecule has 1 aromatic rings. The van der Waals surface area contributed by atoms with Crippen LogP contribution in [0.1, 0.15) is 10.5 Å². The van der Waals surface area contributed by atoms with Crippen molar-refractivity contribution in [2.24, 2.45) is 0 Å². The van der Waals surface area contributed by atoms with Crippen LogP contribution in [0.4, 0.5) is 14.6 Å². The number of alkyl halides is 2. The molecule has 0 unspecified atom stereocenters. The number of hydrogen-bond acceptors (Lipinski definition) is 6. The summed E-state index contributed by atoms with van der Waals surface area (Å²) in [5.74, 6) is -0.731. The van der Waals surface area contributed by atoms with E-state index in [1.54, 1.807) is 0 Å². The van der Waals surface area contributed by atoms with E-state index in [4.69, 9.17) is 5.73 Å². The second-order valence-corrected chi connectivity index (χ2v) is 2.72. The van der Waals surface area contributed by atoms with Crippen molar-refractivity contribution in [1.29, 1.82) is 0 Å². The van der Waals surface area contributed by atoms with Crippen LogP contribution in [0.3, 0.4) is 0 Å². The fourth-order valence-electron chi connectivity index (χ4n) is 0.846. The topological polar surface area (TPSA) is 103 Å². The molecule has 0 aromatic carbocycles. The van der Waals surface area contributed by atoms with Gasteiger partial charge in [0.05, 0.1) is 6.61 Å². The fourth-order valence-corrected chi connectivity index (χ4v) is 0.846. The molecule has 0 saturated carbocycles. The number of nitrogens with two attached hydrogens (primary N) is 1. The molecule has 0 bridgehead atoms. The summed E-state index contributed by atoms with van der Waals surface area (Å²) in [6.45, 7) is -0.622. The van der Waals surface area contributed by atoms with Gasteiger partial charge in [0.15, 0.2) is 0 Å². The normalized spacial score (nSPS) is 10.7. The molecule has 0 aliphatic heterocycles. The van der Waals surface area contributed by atoms with Crippen LogP contribution in [0.15, 0.2) is 4.63 Å². The van der Waals surface area contributed by atoms with Gasteiger partial charge in [-0.3, -0.25) is 4.79 Å². The average Bonchev–Trinajstić information content (AvgIpc) is 2.63. The number of aromatic nitrogens is 2. The highest BCUT2D eigenvalue weighted by Gasteiger charge is 2.14. The summed E-state index contributed by atoms with van der Waals surface area (Å²) < 4.78 is 32.0. The van der Waals surface area contributed by atoms with Crippen molar-refractivity contribution in [1.82, 2.24) is 15.6 Å². The van der Waals surface area contributed by atoms with E-state index in [0.29, 0.717) is 0 Å². The van der Waals surface area contributed by atoms with Gasteiger partial charge in [-0.25, -0.2) is 13.4 Å². The minimum atomic E-state index is -2.52. The number of carbonyl (C=O) groups is 1. The van der Waals surface area contributed by atoms with Crippen molar-refractivity contribution < 1.29 is 22.9 Å². The molecular formula is C7H10F2N4O3. The van der Waals surface area contributed by atoms with Gasteiger partial charge in [-0.1, -0.05) is 0 Å². The first kappa shape index (κ1) is 12.3. The highest BCUT2D eigenvalue weighted by molar-refractivity contribution is 5.95. The largest absolute Gasteiger partial charge is 0.379 e. The van der Waals surface area contributed by atoms with E-state index in [0.717, 1.165) is 0 Å². The molecule has 16 heavy (non-hydrogen) atoms. The summed E-state index contributed by atoms with van der Waals surface area (Å²) in [5.41, 5.74) is 5.11. The van der Waals surface area contributed by atoms with E-state index >= 15 is 0 Å². The number of anilines is 1. The predicted octanol–water partition coefficient (Wildman–Crippen LogP) is -0.337. The third kappa shape index (κ3) is 3.77. The first-order chi connectivity index (χ1) is 7.61. The fraction of sp³-hybridized carbons (Fsp3) is 0.571. The lowest BCUT2D eigenvalue weighted by atomic mass is 10.4. The first-order valence-corrected chi connectivity index (χ1v) is 4.33. The molecule has 0 saturated heterocycles. The summed E-state index contributed by atoms with van der Waals surface area (Å²) in [6, 6.07) is 0. The monoisotopic (exact) mass is 236 g/mol. The van der Waals surface area contributed by atoms with Gasteiger partial charge in [0.25, 0.3) is 12.3 Å². The van der Waals surface area contributed by atoms with Crippen LogP contribution >= 0.6 is 0 Å². The molecule has 1 amide bonds. The Morgan fingerprint density at radius 2 is 2.31 bits per heavy atom. The van der Waals surface area contributed by atoms with E-state index in [-0.39, 0.29) is 24.7 Å². The van der Waals surface area contributed by atoms with Gasteiger partial charge < -0.3 is 15.8 Å². The Morgan fingerprint density at radius 3 is 2.88 bits per heavy atom. The molecule has 0 fully saturated rings. The zero-order valence-electron chi connectivity index (χ0n) is 8.15. The number of amides is 1. The quantitative estimate of drug-likeness (QED) is 0.655. The Bertz CT molecular complexity index is 344. The van der Waals surface area contributed by atoms with Crippen LogP contribution in [-0.4, -0.2) is 42.4 Å². The second-order valence-electron chi connectivity index (χ2n) is 2.72. The van der Waals surface area contributed by atoms with Gasteiger partial charge in [-0.2, -0.15) is 0 Å². The van der Waals surface area contributed by atoms with Crippen LogP contribution in [0, 0.1) is 0 Å². The summed E-state index contributed by atoms with van der Waals surface area (Å²) in [7, 11) is 0. The van der Waals surface area contributed by atoms with Crippen LogP contribution in [0.5, 0.6) is 0 Å². The zero-order valence-corrected chi connectivity index (χ0v) is 8.15. The number of nitrogens with zero attached hydrogens (tertiary/aromatic N) is 2. The molecule has 9 heteroatoms. The third-order valence-corrected chi connectivity index (χ3v) is 1.50. The number of nitrogen functional groups attached to an aromatic ring is 1. The lowest BCUT2D eigenvalue weighted by molar-refractivity contribution is 0.0188. The Hall–Kier alpha value is -1.77. The minimum absolute atomic E-state index is 0.0265. The third-order valence-electron chi connectivity index (χ3n) is 1.50. The molecule has 1 aromatic heterocycles. The maximum Gasteiger partial charge on any atom is 0.277 e. The van der Waals surface area contributed by atoms with Crippen LogP contribution in [0.2, 0.25) is 0 Å². The van der Waals surface area contributed by atoms with Crippen molar-refractivity contribution >= 4 is 11.7 Å². The molecule has 1 rings (SSSR count). The Balaban J connectivity index is 2.19. The van der Waals surface area contributed by atoms with E-state index in [1.165, 1.54) is 0 Å². The smallest absolute Gasteiger partial charge is 0.277 e. The van der Waals surface area contributed by atoms with E-state index in [2.05, 4.69) is 25.0 Å².